The Morgan fingerprint density at radius 3 is 2.50 bits per heavy atom. The van der Waals surface area contributed by atoms with Crippen molar-refractivity contribution in [1.82, 2.24) is 4.98 Å². The zero-order valence-electron chi connectivity index (χ0n) is 13.1. The molecular weight excluding hydrogens is 334 g/mol. The number of carbonyl (C=O) groups excluding carboxylic acids is 2. The van der Waals surface area contributed by atoms with Crippen LogP contribution < -0.4 is 5.32 Å². The summed E-state index contributed by atoms with van der Waals surface area (Å²) in [5.41, 5.74) is 0.711. The first-order valence-electron chi connectivity index (χ1n) is 7.18. The number of rotatable bonds is 6. The van der Waals surface area contributed by atoms with Gasteiger partial charge in [0, 0.05) is 17.7 Å². The molecule has 0 bridgehead atoms. The third-order valence-corrected chi connectivity index (χ3v) is 4.05. The van der Waals surface area contributed by atoms with Crippen molar-refractivity contribution in [2.75, 3.05) is 11.9 Å². The van der Waals surface area contributed by atoms with Crippen molar-refractivity contribution < 1.29 is 19.2 Å². The van der Waals surface area contributed by atoms with E-state index in [9.17, 15) is 19.7 Å². The lowest BCUT2D eigenvalue weighted by molar-refractivity contribution is -0.384. The maximum absolute atomic E-state index is 12.2. The minimum absolute atomic E-state index is 0.0985. The molecule has 0 aliphatic carbocycles. The molecule has 0 radical (unpaired) electrons. The molecule has 24 heavy (non-hydrogen) atoms. The lowest BCUT2D eigenvalue weighted by atomic mass is 10.2. The first kappa shape index (κ1) is 17.5. The molecule has 1 amide bonds. The highest BCUT2D eigenvalue weighted by molar-refractivity contribution is 7.17. The van der Waals surface area contributed by atoms with Crippen LogP contribution in [-0.4, -0.2) is 28.4 Å². The first-order valence-corrected chi connectivity index (χ1v) is 8.00. The third kappa shape index (κ3) is 3.93. The van der Waals surface area contributed by atoms with Gasteiger partial charge in [0.15, 0.2) is 5.13 Å². The predicted octanol–water partition coefficient (Wildman–Crippen LogP) is 3.04. The lowest BCUT2D eigenvalue weighted by Gasteiger charge is -2.01. The van der Waals surface area contributed by atoms with Crippen molar-refractivity contribution in [2.24, 2.45) is 0 Å². The van der Waals surface area contributed by atoms with Crippen LogP contribution in [-0.2, 0) is 11.2 Å². The molecule has 0 aliphatic rings. The van der Waals surface area contributed by atoms with Crippen LogP contribution >= 0.6 is 11.3 Å². The van der Waals surface area contributed by atoms with E-state index in [1.807, 2.05) is 6.92 Å². The number of amides is 1. The molecule has 1 heterocycles. The number of non-ortho nitro benzene ring substituents is 1. The second-order valence-corrected chi connectivity index (χ2v) is 5.63. The smallest absolute Gasteiger partial charge is 0.350 e. The Labute approximate surface area is 141 Å². The number of hydrogen-bond acceptors (Lipinski definition) is 7. The zero-order chi connectivity index (χ0) is 17.7. The Kier molecular flexibility index (Phi) is 5.59. The molecule has 2 aromatic rings. The third-order valence-electron chi connectivity index (χ3n) is 3.05. The summed E-state index contributed by atoms with van der Waals surface area (Å²) in [6, 6.07) is 5.21. The number of esters is 1. The molecule has 9 heteroatoms. The van der Waals surface area contributed by atoms with Gasteiger partial charge in [0.25, 0.3) is 11.6 Å². The Balaban J connectivity index is 2.16. The normalized spacial score (nSPS) is 10.2. The van der Waals surface area contributed by atoms with Gasteiger partial charge in [-0.3, -0.25) is 20.2 Å². The van der Waals surface area contributed by atoms with Crippen LogP contribution in [0.15, 0.2) is 24.3 Å². The largest absolute Gasteiger partial charge is 0.462 e. The van der Waals surface area contributed by atoms with Gasteiger partial charge in [-0.05, 0) is 25.5 Å². The zero-order valence-corrected chi connectivity index (χ0v) is 13.9. The second-order valence-electron chi connectivity index (χ2n) is 4.63. The van der Waals surface area contributed by atoms with E-state index in [1.54, 1.807) is 6.92 Å². The molecule has 0 aliphatic heterocycles. The number of carbonyl (C=O) groups is 2. The van der Waals surface area contributed by atoms with Gasteiger partial charge in [-0.1, -0.05) is 18.3 Å². The number of benzene rings is 1. The van der Waals surface area contributed by atoms with Crippen LogP contribution in [0.3, 0.4) is 0 Å². The van der Waals surface area contributed by atoms with E-state index in [2.05, 4.69) is 10.3 Å². The summed E-state index contributed by atoms with van der Waals surface area (Å²) >= 11 is 1.04. The predicted molar refractivity (Wildman–Crippen MR) is 88.5 cm³/mol. The van der Waals surface area contributed by atoms with Crippen LogP contribution in [0.25, 0.3) is 0 Å². The number of nitro groups is 1. The summed E-state index contributed by atoms with van der Waals surface area (Å²) in [6.45, 7) is 3.81. The lowest BCUT2D eigenvalue weighted by Crippen LogP contribution is -2.11. The van der Waals surface area contributed by atoms with Crippen LogP contribution in [0.5, 0.6) is 0 Å². The summed E-state index contributed by atoms with van der Waals surface area (Å²) in [5.74, 6) is -0.931. The number of nitrogens with zero attached hydrogens (tertiary/aromatic N) is 2. The Morgan fingerprint density at radius 1 is 1.29 bits per heavy atom. The minimum atomic E-state index is -0.540. The molecule has 0 saturated heterocycles. The van der Waals surface area contributed by atoms with Gasteiger partial charge in [-0.15, -0.1) is 0 Å². The van der Waals surface area contributed by atoms with Gasteiger partial charge in [0.1, 0.15) is 4.88 Å². The second kappa shape index (κ2) is 7.64. The van der Waals surface area contributed by atoms with E-state index in [4.69, 9.17) is 4.74 Å². The standard InChI is InChI=1S/C15H15N3O5S/c1-3-11-12(14(20)23-4-2)24-15(16-11)17-13(19)9-5-7-10(8-6-9)18(21)22/h5-8H,3-4H2,1-2H3,(H,16,17,19). The fourth-order valence-electron chi connectivity index (χ4n) is 1.90. The van der Waals surface area contributed by atoms with E-state index < -0.39 is 16.8 Å². The van der Waals surface area contributed by atoms with Crippen LogP contribution in [0, 0.1) is 10.1 Å². The Morgan fingerprint density at radius 2 is 1.96 bits per heavy atom. The van der Waals surface area contributed by atoms with Gasteiger partial charge < -0.3 is 4.74 Å². The fourth-order valence-corrected chi connectivity index (χ4v) is 2.85. The number of aryl methyl sites for hydroxylation is 1. The number of ether oxygens (including phenoxy) is 1. The first-order chi connectivity index (χ1) is 11.5. The van der Waals surface area contributed by atoms with Crippen molar-refractivity contribution in [1.29, 1.82) is 0 Å². The maximum atomic E-state index is 12.2. The number of anilines is 1. The van der Waals surface area contributed by atoms with Gasteiger partial charge in [-0.25, -0.2) is 9.78 Å². The Bertz CT molecular complexity index is 770. The maximum Gasteiger partial charge on any atom is 0.350 e. The number of nitro benzene ring substituents is 1. The van der Waals surface area contributed by atoms with E-state index >= 15 is 0 Å². The molecule has 0 fully saturated rings. The highest BCUT2D eigenvalue weighted by Gasteiger charge is 2.19. The molecule has 1 N–H and O–H groups in total. The number of nitrogens with one attached hydrogen (secondary N) is 1. The van der Waals surface area contributed by atoms with Crippen LogP contribution in [0.4, 0.5) is 10.8 Å². The molecular formula is C15H15N3O5S. The van der Waals surface area contributed by atoms with E-state index in [-0.39, 0.29) is 23.0 Å². The molecule has 0 spiro atoms. The molecule has 0 atom stereocenters. The molecule has 1 aromatic carbocycles. The summed E-state index contributed by atoms with van der Waals surface area (Å²) in [4.78, 5) is 38.7. The van der Waals surface area contributed by atoms with Gasteiger partial charge in [0.05, 0.1) is 17.2 Å². The van der Waals surface area contributed by atoms with Crippen molar-refractivity contribution in [3.8, 4) is 0 Å². The molecule has 0 unspecified atom stereocenters. The summed E-state index contributed by atoms with van der Waals surface area (Å²) in [6.07, 6.45) is 0.526. The quantitative estimate of drug-likeness (QED) is 0.487. The van der Waals surface area contributed by atoms with E-state index in [0.717, 1.165) is 11.3 Å². The summed E-state index contributed by atoms with van der Waals surface area (Å²) in [5, 5.41) is 13.5. The average molecular weight is 349 g/mol. The van der Waals surface area contributed by atoms with Gasteiger partial charge in [-0.2, -0.15) is 0 Å². The molecule has 126 valence electrons. The SMILES string of the molecule is CCOC(=O)c1sc(NC(=O)c2ccc([N+](=O)[O-])cc2)nc1CC. The van der Waals surface area contributed by atoms with E-state index in [1.165, 1.54) is 24.3 Å². The van der Waals surface area contributed by atoms with Gasteiger partial charge >= 0.3 is 5.97 Å². The topological polar surface area (TPSA) is 111 Å². The summed E-state index contributed by atoms with van der Waals surface area (Å²) < 4.78 is 4.96. The van der Waals surface area contributed by atoms with E-state index in [0.29, 0.717) is 17.0 Å². The molecule has 2 rings (SSSR count). The van der Waals surface area contributed by atoms with Crippen LogP contribution in [0.2, 0.25) is 0 Å². The minimum Gasteiger partial charge on any atom is -0.462 e. The summed E-state index contributed by atoms with van der Waals surface area (Å²) in [7, 11) is 0. The van der Waals surface area contributed by atoms with Crippen molar-refractivity contribution in [3.05, 3.63) is 50.5 Å². The molecule has 8 nitrogen and oxygen atoms in total. The van der Waals surface area contributed by atoms with Crippen molar-refractivity contribution >= 4 is 34.0 Å². The average Bonchev–Trinajstić information content (AvgIpc) is 2.98. The monoisotopic (exact) mass is 349 g/mol. The highest BCUT2D eigenvalue weighted by atomic mass is 32.1. The number of hydrogen-bond donors (Lipinski definition) is 1. The highest BCUT2D eigenvalue weighted by Crippen LogP contribution is 2.25. The van der Waals surface area contributed by atoms with Crippen molar-refractivity contribution in [3.63, 3.8) is 0 Å². The number of aromatic nitrogens is 1. The molecule has 1 aromatic heterocycles. The fraction of sp³-hybridized carbons (Fsp3) is 0.267. The van der Waals surface area contributed by atoms with Crippen LogP contribution in [0.1, 0.15) is 39.6 Å². The number of thiazole rings is 1. The molecule has 0 saturated carbocycles. The van der Waals surface area contributed by atoms with Gasteiger partial charge in [0.2, 0.25) is 0 Å². The Hall–Kier alpha value is -2.81. The van der Waals surface area contributed by atoms with Crippen molar-refractivity contribution in [2.45, 2.75) is 20.3 Å².